The minimum absolute atomic E-state index is 0.00833. The molecule has 1 N–H and O–H groups in total. The van der Waals surface area contributed by atoms with E-state index in [0.717, 1.165) is 6.20 Å². The van der Waals surface area contributed by atoms with Gasteiger partial charge < -0.3 is 0 Å². The number of ether oxygens (including phenoxy) is 1. The molecule has 2 aliphatic heterocycles. The second-order valence-corrected chi connectivity index (χ2v) is 13.0. The van der Waals surface area contributed by atoms with E-state index >= 15 is 0 Å². The Bertz CT molecular complexity index is 557. The second kappa shape index (κ2) is 6.78. The third-order valence-corrected chi connectivity index (χ3v) is 6.13. The van der Waals surface area contributed by atoms with Gasteiger partial charge in [0.1, 0.15) is 0 Å². The van der Waals surface area contributed by atoms with Gasteiger partial charge in [0.25, 0.3) is 0 Å². The van der Waals surface area contributed by atoms with Crippen LogP contribution >= 0.6 is 17.4 Å². The summed E-state index contributed by atoms with van der Waals surface area (Å²) in [5.41, 5.74) is 0. The zero-order valence-corrected chi connectivity index (χ0v) is 17.1. The summed E-state index contributed by atoms with van der Waals surface area (Å²) in [5, 5.41) is 2.36. The van der Waals surface area contributed by atoms with Crippen molar-refractivity contribution in [3.63, 3.8) is 0 Å². The molecule has 2 heterocycles. The molecular weight excluding hydrogens is 501 g/mol. The minimum atomic E-state index is -0.898. The molecule has 0 aliphatic carbocycles. The fourth-order valence-electron chi connectivity index (χ4n) is 2.43. The molecule has 0 aromatic heterocycles. The molecule has 5 atom stereocenters. The number of amides is 1. The van der Waals surface area contributed by atoms with Gasteiger partial charge in [-0.05, 0) is 0 Å². The fourth-order valence-corrected chi connectivity index (χ4v) is 3.74. The maximum absolute atomic E-state index is 13.6. The summed E-state index contributed by atoms with van der Waals surface area (Å²) in [4.78, 5) is 12.0. The molecule has 0 bridgehead atoms. The van der Waals surface area contributed by atoms with E-state index in [-0.39, 0.29) is 17.8 Å². The van der Waals surface area contributed by atoms with E-state index in [1.807, 2.05) is 20.5 Å². The number of rotatable bonds is 4. The Morgan fingerprint density at radius 1 is 1.73 bits per heavy atom. The van der Waals surface area contributed by atoms with Gasteiger partial charge in [0.05, 0.1) is 0 Å². The third kappa shape index (κ3) is 3.52. The van der Waals surface area contributed by atoms with Crippen LogP contribution in [0.1, 0.15) is 13.8 Å². The van der Waals surface area contributed by atoms with Crippen molar-refractivity contribution in [1.82, 2.24) is 10.2 Å². The molecule has 22 heavy (non-hydrogen) atoms. The van der Waals surface area contributed by atoms with Gasteiger partial charge in [-0.25, -0.2) is 0 Å². The van der Waals surface area contributed by atoms with Crippen LogP contribution in [0.2, 0.25) is 0 Å². The number of halogens is 2. The third-order valence-electron chi connectivity index (χ3n) is 3.95. The predicted octanol–water partition coefficient (Wildman–Crippen LogP) is 2.56. The van der Waals surface area contributed by atoms with Crippen molar-refractivity contribution in [1.29, 1.82) is 0 Å². The molecule has 5 nitrogen and oxygen atoms in total. The van der Waals surface area contributed by atoms with Crippen molar-refractivity contribution in [2.24, 2.45) is 5.92 Å². The Labute approximate surface area is 145 Å². The van der Waals surface area contributed by atoms with E-state index in [0.29, 0.717) is 6.61 Å². The fraction of sp³-hybridized carbons (Fsp3) is 0.615. The number of carbonyl (C=O) groups excluding carboxylic acids is 1. The monoisotopic (exact) mass is 519 g/mol. The quantitative estimate of drug-likeness (QED) is 0.459. The van der Waals surface area contributed by atoms with Crippen LogP contribution in [0.25, 0.3) is 0 Å². The molecule has 1 unspecified atom stereocenters. The number of hydrogen-bond acceptors (Lipinski definition) is 4. The summed E-state index contributed by atoms with van der Waals surface area (Å²) in [7, 11) is 0. The summed E-state index contributed by atoms with van der Waals surface area (Å²) in [6, 6.07) is 0. The van der Waals surface area contributed by atoms with E-state index in [1.54, 1.807) is 0 Å². The number of carbonyl (C=O) groups is 1. The Kier molecular flexibility index (Phi) is 5.62. The first-order chi connectivity index (χ1) is 10.1. The van der Waals surface area contributed by atoms with Crippen molar-refractivity contribution in [3.05, 3.63) is 24.4 Å². The van der Waals surface area contributed by atoms with Gasteiger partial charge >= 0.3 is 145 Å². The molecule has 0 spiro atoms. The molecule has 0 aromatic carbocycles. The number of alkyl halides is 1. The summed E-state index contributed by atoms with van der Waals surface area (Å²) in [6.45, 7) is 10.0. The van der Waals surface area contributed by atoms with Crippen LogP contribution in [0.3, 0.4) is 0 Å². The van der Waals surface area contributed by atoms with Crippen molar-refractivity contribution in [2.75, 3.05) is 13.3 Å². The van der Waals surface area contributed by atoms with Crippen LogP contribution in [0.15, 0.2) is 24.4 Å². The van der Waals surface area contributed by atoms with Gasteiger partial charge in [-0.1, -0.05) is 0 Å². The van der Waals surface area contributed by atoms with Gasteiger partial charge in [-0.3, -0.25) is 0 Å². The van der Waals surface area contributed by atoms with Crippen molar-refractivity contribution < 1.29 is 37.3 Å². The molecular formula is C13H18ClFN2O3PW+. The Balaban J connectivity index is 2.22. The molecule has 1 amide bonds. The molecule has 0 aromatic rings. The Morgan fingerprint density at radius 3 is 2.95 bits per heavy atom. The zero-order chi connectivity index (χ0) is 16.7. The van der Waals surface area contributed by atoms with Crippen LogP contribution in [0.4, 0.5) is 4.39 Å². The number of hydrogen-bond donors (Lipinski definition) is 1. The van der Waals surface area contributed by atoms with E-state index in [4.69, 9.17) is 20.9 Å². The van der Waals surface area contributed by atoms with Crippen LogP contribution in [-0.4, -0.2) is 41.3 Å². The average Bonchev–Trinajstić information content (AvgIpc) is 2.63. The van der Waals surface area contributed by atoms with E-state index in [1.165, 1.54) is 23.7 Å². The van der Waals surface area contributed by atoms with Gasteiger partial charge in [-0.15, -0.1) is 0 Å². The SMILES string of the molecule is C=C1NC(=O)C(F)=CN1[C@@H]1O[C@H](CO[P+](C)=[W])[C@@H](C)[C@@]1(C)Cl. The molecule has 1 fully saturated rings. The van der Waals surface area contributed by atoms with E-state index < -0.39 is 28.6 Å². The molecule has 2 rings (SSSR count). The van der Waals surface area contributed by atoms with Crippen molar-refractivity contribution in [2.45, 2.75) is 31.1 Å². The normalized spacial score (nSPS) is 36.2. The molecule has 1 saturated heterocycles. The standard InChI is InChI=1S/C13H18ClFN2O3P.W/c1-7-10(6-19-21-4)20-12(13(7,3)14)17-5-9(15)11(18)16-8(17)2;/h5,7,10,12H,2,6H2,1,3-4H3,(H,16,18);/q-1;+2/t7-,10-,12-,13-;/m1./s1. The topological polar surface area (TPSA) is 50.8 Å². The predicted molar refractivity (Wildman–Crippen MR) is 79.2 cm³/mol. The van der Waals surface area contributed by atoms with Crippen molar-refractivity contribution in [3.8, 4) is 0 Å². The molecule has 0 saturated carbocycles. The summed E-state index contributed by atoms with van der Waals surface area (Å²) < 4.78 is 25.3. The molecule has 2 aliphatic rings. The first kappa shape index (κ1) is 18.2. The van der Waals surface area contributed by atoms with E-state index in [9.17, 15) is 9.18 Å². The maximum atomic E-state index is 13.6. The first-order valence-electron chi connectivity index (χ1n) is 6.68. The number of nitrogens with zero attached hydrogens (tertiary/aromatic N) is 1. The van der Waals surface area contributed by atoms with Crippen LogP contribution in [0, 0.1) is 5.92 Å². The molecule has 9 heteroatoms. The summed E-state index contributed by atoms with van der Waals surface area (Å²) in [6.07, 6.45) is 0.252. The van der Waals surface area contributed by atoms with Crippen LogP contribution in [0.5, 0.6) is 0 Å². The zero-order valence-electron chi connectivity index (χ0n) is 12.5. The van der Waals surface area contributed by atoms with Gasteiger partial charge in [0, 0.05) is 0 Å². The van der Waals surface area contributed by atoms with Gasteiger partial charge in [0.15, 0.2) is 0 Å². The average molecular weight is 520 g/mol. The van der Waals surface area contributed by atoms with Crippen LogP contribution < -0.4 is 5.32 Å². The first-order valence-corrected chi connectivity index (χ1v) is 12.6. The van der Waals surface area contributed by atoms with Gasteiger partial charge in [0.2, 0.25) is 0 Å². The molecule has 122 valence electrons. The Hall–Kier alpha value is -0.122. The van der Waals surface area contributed by atoms with Gasteiger partial charge in [-0.2, -0.15) is 0 Å². The second-order valence-electron chi connectivity index (χ2n) is 5.49. The van der Waals surface area contributed by atoms with Crippen LogP contribution in [-0.2, 0) is 32.9 Å². The molecule has 0 radical (unpaired) electrons. The summed E-state index contributed by atoms with van der Waals surface area (Å²) in [5.74, 6) is -1.89. The van der Waals surface area contributed by atoms with Crippen molar-refractivity contribution >= 4 is 23.3 Å². The number of nitrogens with one attached hydrogen (secondary N) is 1. The van der Waals surface area contributed by atoms with E-state index in [2.05, 4.69) is 11.9 Å². The Morgan fingerprint density at radius 2 is 2.36 bits per heavy atom. The summed E-state index contributed by atoms with van der Waals surface area (Å²) >= 11 is 8.06.